The van der Waals surface area contributed by atoms with Crippen LogP contribution in [-0.4, -0.2) is 60.3 Å². The summed E-state index contributed by atoms with van der Waals surface area (Å²) in [6.07, 6.45) is 1.72. The van der Waals surface area contributed by atoms with Gasteiger partial charge in [-0.05, 0) is 23.8 Å². The van der Waals surface area contributed by atoms with Gasteiger partial charge >= 0.3 is 0 Å². The van der Waals surface area contributed by atoms with Gasteiger partial charge in [0.1, 0.15) is 12.4 Å². The number of methoxy groups -OCH3 is 2. The lowest BCUT2D eigenvalue weighted by molar-refractivity contribution is 0.172. The van der Waals surface area contributed by atoms with Crippen molar-refractivity contribution in [3.63, 3.8) is 0 Å². The van der Waals surface area contributed by atoms with Crippen molar-refractivity contribution < 1.29 is 18.6 Å². The summed E-state index contributed by atoms with van der Waals surface area (Å²) in [5.74, 6) is 1.72. The first-order valence-corrected chi connectivity index (χ1v) is 10.7. The number of ether oxygens (including phenoxy) is 3. The van der Waals surface area contributed by atoms with Crippen molar-refractivity contribution in [1.82, 2.24) is 19.7 Å². The number of aromatic nitrogens is 4. The van der Waals surface area contributed by atoms with Gasteiger partial charge in [0.15, 0.2) is 5.82 Å². The largest absolute Gasteiger partial charge is 0.481 e. The summed E-state index contributed by atoms with van der Waals surface area (Å²) in [7, 11) is 3.20. The van der Waals surface area contributed by atoms with Gasteiger partial charge in [0, 0.05) is 42.6 Å². The smallest absolute Gasteiger partial charge is 0.232 e. The average molecular weight is 460 g/mol. The van der Waals surface area contributed by atoms with Crippen LogP contribution in [0.5, 0.6) is 5.88 Å². The minimum absolute atomic E-state index is 0.190. The Kier molecular flexibility index (Phi) is 5.48. The molecule has 2 saturated heterocycles. The molecule has 2 aliphatic rings. The van der Waals surface area contributed by atoms with Gasteiger partial charge in [0.05, 0.1) is 32.2 Å². The molecule has 0 aliphatic carbocycles. The van der Waals surface area contributed by atoms with E-state index in [2.05, 4.69) is 20.1 Å². The highest BCUT2D eigenvalue weighted by atomic mass is 35.5. The molecule has 5 rings (SSSR count). The zero-order chi connectivity index (χ0) is 22.3. The van der Waals surface area contributed by atoms with Crippen LogP contribution in [0, 0.1) is 11.7 Å². The fraction of sp³-hybridized carbons (Fsp3) is 0.409. The minimum atomic E-state index is -0.351. The first-order chi connectivity index (χ1) is 15.6. The molecule has 0 radical (unpaired) electrons. The van der Waals surface area contributed by atoms with E-state index in [4.69, 9.17) is 25.8 Å². The van der Waals surface area contributed by atoms with Gasteiger partial charge < -0.3 is 19.1 Å². The van der Waals surface area contributed by atoms with E-state index >= 15 is 0 Å². The van der Waals surface area contributed by atoms with E-state index in [0.717, 1.165) is 11.3 Å². The standard InChI is InChI=1S/C22H23ClFN5O3/c1-30-11-19-26-27-21(29(19)16-4-6-20(31-2)25-8-16)28-9-14-10-32-13-22(14,12-28)17-5-3-15(24)7-18(17)23/h3-8,14H,9-13H2,1-2H3. The van der Waals surface area contributed by atoms with E-state index in [1.54, 1.807) is 32.5 Å². The molecule has 2 atom stereocenters. The van der Waals surface area contributed by atoms with Gasteiger partial charge in [-0.3, -0.25) is 4.57 Å². The van der Waals surface area contributed by atoms with Crippen LogP contribution in [0.3, 0.4) is 0 Å². The van der Waals surface area contributed by atoms with E-state index in [-0.39, 0.29) is 17.2 Å². The molecule has 2 aromatic heterocycles. The third-order valence-corrected chi connectivity index (χ3v) is 6.61. The van der Waals surface area contributed by atoms with Crippen LogP contribution in [-0.2, 0) is 21.5 Å². The predicted molar refractivity (Wildman–Crippen MR) is 116 cm³/mol. The average Bonchev–Trinajstić information content (AvgIpc) is 3.46. The maximum absolute atomic E-state index is 13.7. The van der Waals surface area contributed by atoms with Crippen molar-refractivity contribution in [2.75, 3.05) is 45.4 Å². The Balaban J connectivity index is 1.54. The van der Waals surface area contributed by atoms with Gasteiger partial charge in [-0.1, -0.05) is 17.7 Å². The molecule has 2 aliphatic heterocycles. The summed E-state index contributed by atoms with van der Waals surface area (Å²) in [6, 6.07) is 8.30. The van der Waals surface area contributed by atoms with Crippen LogP contribution in [0.4, 0.5) is 10.3 Å². The molecule has 3 aromatic rings. The summed E-state index contributed by atoms with van der Waals surface area (Å²) in [5, 5.41) is 9.28. The lowest BCUT2D eigenvalue weighted by Gasteiger charge is -2.29. The van der Waals surface area contributed by atoms with Crippen molar-refractivity contribution in [3.8, 4) is 11.6 Å². The molecule has 1 aromatic carbocycles. The fourth-order valence-corrected chi connectivity index (χ4v) is 5.14. The molecule has 0 bridgehead atoms. The van der Waals surface area contributed by atoms with Gasteiger partial charge in [0.2, 0.25) is 11.8 Å². The number of hydrogen-bond donors (Lipinski definition) is 0. The number of hydrogen-bond acceptors (Lipinski definition) is 7. The molecule has 0 amide bonds. The Bertz CT molecular complexity index is 1130. The molecule has 10 heteroatoms. The van der Waals surface area contributed by atoms with E-state index in [1.165, 1.54) is 12.1 Å². The highest BCUT2D eigenvalue weighted by molar-refractivity contribution is 6.31. The molecule has 4 heterocycles. The second-order valence-corrected chi connectivity index (χ2v) is 8.52. The second-order valence-electron chi connectivity index (χ2n) is 8.12. The molecule has 2 fully saturated rings. The second kappa shape index (κ2) is 8.31. The monoisotopic (exact) mass is 459 g/mol. The highest BCUT2D eigenvalue weighted by Crippen LogP contribution is 2.47. The molecule has 168 valence electrons. The summed E-state index contributed by atoms with van der Waals surface area (Å²) >= 11 is 6.48. The first-order valence-electron chi connectivity index (χ1n) is 10.3. The number of fused-ring (bicyclic) bond motifs is 1. The number of anilines is 1. The van der Waals surface area contributed by atoms with Crippen LogP contribution in [0.15, 0.2) is 36.5 Å². The van der Waals surface area contributed by atoms with Crippen molar-refractivity contribution in [2.45, 2.75) is 12.0 Å². The molecule has 0 spiro atoms. The van der Waals surface area contributed by atoms with E-state index in [9.17, 15) is 4.39 Å². The zero-order valence-electron chi connectivity index (χ0n) is 17.8. The van der Waals surface area contributed by atoms with Crippen LogP contribution >= 0.6 is 11.6 Å². The fourth-order valence-electron chi connectivity index (χ4n) is 4.79. The summed E-state index contributed by atoms with van der Waals surface area (Å²) in [6.45, 7) is 2.75. The molecular formula is C22H23ClFN5O3. The maximum atomic E-state index is 13.7. The Morgan fingerprint density at radius 1 is 1.25 bits per heavy atom. The van der Waals surface area contributed by atoms with Crippen LogP contribution in [0.2, 0.25) is 5.02 Å². The quantitative estimate of drug-likeness (QED) is 0.561. The normalized spacial score (nSPS) is 22.4. The summed E-state index contributed by atoms with van der Waals surface area (Å²) in [4.78, 5) is 6.51. The molecule has 0 saturated carbocycles. The van der Waals surface area contributed by atoms with E-state index in [0.29, 0.717) is 55.6 Å². The van der Waals surface area contributed by atoms with Gasteiger partial charge in [-0.2, -0.15) is 0 Å². The van der Waals surface area contributed by atoms with Crippen LogP contribution in [0.25, 0.3) is 5.69 Å². The summed E-state index contributed by atoms with van der Waals surface area (Å²) < 4.78 is 32.0. The van der Waals surface area contributed by atoms with Gasteiger partial charge in [0.25, 0.3) is 0 Å². The summed E-state index contributed by atoms with van der Waals surface area (Å²) in [5.41, 5.74) is 1.36. The minimum Gasteiger partial charge on any atom is -0.481 e. The molecule has 8 nitrogen and oxygen atoms in total. The number of benzene rings is 1. The van der Waals surface area contributed by atoms with Crippen molar-refractivity contribution in [3.05, 3.63) is 58.8 Å². The van der Waals surface area contributed by atoms with Gasteiger partial charge in [-0.25, -0.2) is 9.37 Å². The highest BCUT2D eigenvalue weighted by Gasteiger charge is 2.53. The Morgan fingerprint density at radius 3 is 2.84 bits per heavy atom. The van der Waals surface area contributed by atoms with Crippen LogP contribution in [0.1, 0.15) is 11.4 Å². The number of rotatable bonds is 6. The first kappa shape index (κ1) is 21.1. The molecule has 32 heavy (non-hydrogen) atoms. The number of pyridine rings is 1. The zero-order valence-corrected chi connectivity index (χ0v) is 18.5. The maximum Gasteiger partial charge on any atom is 0.232 e. The van der Waals surface area contributed by atoms with E-state index in [1.807, 2.05) is 10.6 Å². The van der Waals surface area contributed by atoms with E-state index < -0.39 is 0 Å². The Labute approximate surface area is 189 Å². The Hall–Kier alpha value is -2.75. The van der Waals surface area contributed by atoms with Crippen LogP contribution < -0.4 is 9.64 Å². The third-order valence-electron chi connectivity index (χ3n) is 6.30. The molecule has 2 unspecified atom stereocenters. The van der Waals surface area contributed by atoms with Crippen molar-refractivity contribution in [2.24, 2.45) is 5.92 Å². The Morgan fingerprint density at radius 2 is 2.12 bits per heavy atom. The lowest BCUT2D eigenvalue weighted by atomic mass is 9.75. The number of halogens is 2. The van der Waals surface area contributed by atoms with Crippen molar-refractivity contribution >= 4 is 17.5 Å². The SMILES string of the molecule is COCc1nnc(N2CC3COCC3(c3ccc(F)cc3Cl)C2)n1-c1ccc(OC)nc1. The van der Waals surface area contributed by atoms with Crippen molar-refractivity contribution in [1.29, 1.82) is 0 Å². The topological polar surface area (TPSA) is 74.5 Å². The lowest BCUT2D eigenvalue weighted by Crippen LogP contribution is -2.36. The third kappa shape index (κ3) is 3.41. The predicted octanol–water partition coefficient (Wildman–Crippen LogP) is 3.01. The number of nitrogens with zero attached hydrogens (tertiary/aromatic N) is 5. The van der Waals surface area contributed by atoms with Gasteiger partial charge in [-0.15, -0.1) is 10.2 Å². The molecule has 0 N–H and O–H groups in total. The molecular weight excluding hydrogens is 437 g/mol.